The number of carbonyl (C=O) groups excluding carboxylic acids is 1. The molecule has 1 amide bonds. The van der Waals surface area contributed by atoms with Gasteiger partial charge in [-0.25, -0.2) is 4.98 Å². The highest BCUT2D eigenvalue weighted by Crippen LogP contribution is 2.36. The second-order valence-corrected chi connectivity index (χ2v) is 9.75. The van der Waals surface area contributed by atoms with E-state index in [0.29, 0.717) is 11.8 Å². The summed E-state index contributed by atoms with van der Waals surface area (Å²) in [5.74, 6) is 1.75. The van der Waals surface area contributed by atoms with Gasteiger partial charge in [0.25, 0.3) is 0 Å². The van der Waals surface area contributed by atoms with Gasteiger partial charge in [0.2, 0.25) is 5.91 Å². The van der Waals surface area contributed by atoms with Gasteiger partial charge in [0, 0.05) is 51.3 Å². The van der Waals surface area contributed by atoms with E-state index in [0.717, 1.165) is 64.2 Å². The Labute approximate surface area is 187 Å². The molecule has 0 bridgehead atoms. The Kier molecular flexibility index (Phi) is 6.61. The minimum atomic E-state index is -0.234. The van der Waals surface area contributed by atoms with E-state index in [1.54, 1.807) is 0 Å². The number of piperidine rings is 2. The van der Waals surface area contributed by atoms with Crippen LogP contribution in [-0.4, -0.2) is 61.0 Å². The summed E-state index contributed by atoms with van der Waals surface area (Å²) >= 11 is 0. The minimum Gasteiger partial charge on any atom is -0.363 e. The van der Waals surface area contributed by atoms with Crippen LogP contribution >= 0.6 is 0 Å². The molecule has 0 radical (unpaired) electrons. The van der Waals surface area contributed by atoms with Gasteiger partial charge in [-0.2, -0.15) is 0 Å². The Morgan fingerprint density at radius 3 is 2.58 bits per heavy atom. The van der Waals surface area contributed by atoms with E-state index >= 15 is 0 Å². The molecular weight excluding hydrogens is 384 g/mol. The fourth-order valence-electron chi connectivity index (χ4n) is 5.01. The van der Waals surface area contributed by atoms with Crippen LogP contribution < -0.4 is 4.90 Å². The number of carbonyl (C=O) groups is 1. The molecule has 31 heavy (non-hydrogen) atoms. The number of benzene rings is 1. The van der Waals surface area contributed by atoms with Gasteiger partial charge in [-0.15, -0.1) is 0 Å². The van der Waals surface area contributed by atoms with Crippen LogP contribution in [0.4, 0.5) is 5.82 Å². The monoisotopic (exact) mass is 420 g/mol. The molecule has 2 aliphatic rings. The van der Waals surface area contributed by atoms with E-state index < -0.39 is 0 Å². The molecule has 2 aromatic rings. The van der Waals surface area contributed by atoms with Gasteiger partial charge in [0.1, 0.15) is 5.82 Å². The normalized spacial score (nSPS) is 21.6. The summed E-state index contributed by atoms with van der Waals surface area (Å²) in [6.45, 7) is 6.88. The van der Waals surface area contributed by atoms with E-state index in [1.165, 1.54) is 11.1 Å². The van der Waals surface area contributed by atoms with Crippen LogP contribution in [0.25, 0.3) is 0 Å². The molecule has 0 unspecified atom stereocenters. The van der Waals surface area contributed by atoms with Crippen molar-refractivity contribution in [3.05, 3.63) is 59.8 Å². The zero-order valence-corrected chi connectivity index (χ0v) is 19.3. The number of amides is 1. The van der Waals surface area contributed by atoms with E-state index in [9.17, 15) is 4.79 Å². The lowest BCUT2D eigenvalue weighted by molar-refractivity contribution is -0.145. The van der Waals surface area contributed by atoms with Crippen molar-refractivity contribution in [2.24, 2.45) is 5.41 Å². The molecule has 2 fully saturated rings. The molecule has 2 saturated heterocycles. The molecule has 4 rings (SSSR count). The summed E-state index contributed by atoms with van der Waals surface area (Å²) in [7, 11) is 4.04. The molecule has 0 spiro atoms. The van der Waals surface area contributed by atoms with Crippen LogP contribution in [0.15, 0.2) is 48.7 Å². The number of aromatic nitrogens is 1. The summed E-state index contributed by atoms with van der Waals surface area (Å²) in [6, 6.07) is 14.9. The first kappa shape index (κ1) is 21.8. The molecule has 0 aliphatic carbocycles. The first-order valence-electron chi connectivity index (χ1n) is 11.6. The third-order valence-electron chi connectivity index (χ3n) is 7.13. The summed E-state index contributed by atoms with van der Waals surface area (Å²) in [5, 5.41) is 0. The average Bonchev–Trinajstić information content (AvgIpc) is 2.81. The Morgan fingerprint density at radius 2 is 1.87 bits per heavy atom. The van der Waals surface area contributed by atoms with E-state index in [2.05, 4.69) is 64.2 Å². The number of rotatable bonds is 5. The first-order chi connectivity index (χ1) is 14.9. The minimum absolute atomic E-state index is 0.234. The lowest BCUT2D eigenvalue weighted by Gasteiger charge is -2.43. The molecule has 2 aliphatic heterocycles. The van der Waals surface area contributed by atoms with Crippen LogP contribution in [0.3, 0.4) is 0 Å². The molecule has 3 heterocycles. The van der Waals surface area contributed by atoms with Crippen LogP contribution in [0.2, 0.25) is 0 Å². The van der Waals surface area contributed by atoms with Crippen LogP contribution in [-0.2, 0) is 11.3 Å². The molecule has 1 atom stereocenters. The van der Waals surface area contributed by atoms with Gasteiger partial charge in [-0.05, 0) is 62.0 Å². The summed E-state index contributed by atoms with van der Waals surface area (Å²) < 4.78 is 0. The highest BCUT2D eigenvalue weighted by molar-refractivity contribution is 5.82. The molecular formula is C26H36N4O. The van der Waals surface area contributed by atoms with Crippen molar-refractivity contribution in [1.82, 2.24) is 14.8 Å². The molecule has 1 aromatic heterocycles. The van der Waals surface area contributed by atoms with Crippen molar-refractivity contribution in [1.29, 1.82) is 0 Å². The van der Waals surface area contributed by atoms with E-state index in [-0.39, 0.29) is 5.41 Å². The SMILES string of the molecule is CN(C)c1cc([C@@H]2CCCN(C(=O)C3(C)CCN(Cc4ccccc4)CC3)C2)ccn1. The standard InChI is InChI=1S/C26H36N4O/c1-26(12-16-29(17-13-26)19-21-8-5-4-6-9-21)25(31)30-15-7-10-23(20-30)22-11-14-27-24(18-22)28(2)3/h4-6,8-9,11,14,18,23H,7,10,12-13,15-17,19-20H2,1-3H3/t23-/m1/s1. The molecule has 0 N–H and O–H groups in total. The van der Waals surface area contributed by atoms with Crippen LogP contribution in [0.5, 0.6) is 0 Å². The Morgan fingerprint density at radius 1 is 1.13 bits per heavy atom. The van der Waals surface area contributed by atoms with E-state index in [1.807, 2.05) is 25.2 Å². The van der Waals surface area contributed by atoms with Crippen molar-refractivity contribution in [2.75, 3.05) is 45.2 Å². The van der Waals surface area contributed by atoms with Gasteiger partial charge < -0.3 is 9.80 Å². The molecule has 166 valence electrons. The lowest BCUT2D eigenvalue weighted by Crippen LogP contribution is -2.50. The quantitative estimate of drug-likeness (QED) is 0.728. The van der Waals surface area contributed by atoms with Crippen molar-refractivity contribution >= 4 is 11.7 Å². The number of hydrogen-bond acceptors (Lipinski definition) is 4. The fraction of sp³-hybridized carbons (Fsp3) is 0.538. The highest BCUT2D eigenvalue weighted by Gasteiger charge is 2.40. The van der Waals surface area contributed by atoms with Gasteiger partial charge in [-0.1, -0.05) is 37.3 Å². The maximum Gasteiger partial charge on any atom is 0.228 e. The van der Waals surface area contributed by atoms with Crippen molar-refractivity contribution < 1.29 is 4.79 Å². The maximum atomic E-state index is 13.6. The predicted octanol–water partition coefficient (Wildman–Crippen LogP) is 4.16. The third-order valence-corrected chi connectivity index (χ3v) is 7.13. The molecule has 5 nitrogen and oxygen atoms in total. The van der Waals surface area contributed by atoms with Gasteiger partial charge in [0.15, 0.2) is 0 Å². The lowest BCUT2D eigenvalue weighted by atomic mass is 9.78. The average molecular weight is 421 g/mol. The number of pyridine rings is 1. The van der Waals surface area contributed by atoms with Gasteiger partial charge in [-0.3, -0.25) is 9.69 Å². The van der Waals surface area contributed by atoms with Crippen molar-refractivity contribution in [3.63, 3.8) is 0 Å². The molecule has 0 saturated carbocycles. The Hall–Kier alpha value is -2.40. The zero-order chi connectivity index (χ0) is 21.8. The third kappa shape index (κ3) is 5.09. The number of anilines is 1. The first-order valence-corrected chi connectivity index (χ1v) is 11.6. The largest absolute Gasteiger partial charge is 0.363 e. The number of hydrogen-bond donors (Lipinski definition) is 0. The number of nitrogens with zero attached hydrogens (tertiary/aromatic N) is 4. The van der Waals surface area contributed by atoms with Gasteiger partial charge in [0.05, 0.1) is 0 Å². The summed E-state index contributed by atoms with van der Waals surface area (Å²) in [5.41, 5.74) is 2.42. The zero-order valence-electron chi connectivity index (χ0n) is 19.3. The predicted molar refractivity (Wildman–Crippen MR) is 126 cm³/mol. The highest BCUT2D eigenvalue weighted by atomic mass is 16.2. The number of likely N-dealkylation sites (tertiary alicyclic amines) is 2. The molecule has 5 heteroatoms. The van der Waals surface area contributed by atoms with Crippen molar-refractivity contribution in [3.8, 4) is 0 Å². The summed E-state index contributed by atoms with van der Waals surface area (Å²) in [6.07, 6.45) is 6.00. The maximum absolute atomic E-state index is 13.6. The smallest absolute Gasteiger partial charge is 0.228 e. The molecule has 1 aromatic carbocycles. The van der Waals surface area contributed by atoms with Gasteiger partial charge >= 0.3 is 0 Å². The van der Waals surface area contributed by atoms with E-state index in [4.69, 9.17) is 0 Å². The Bertz CT molecular complexity index is 874. The fourth-order valence-corrected chi connectivity index (χ4v) is 5.01. The topological polar surface area (TPSA) is 39.7 Å². The second-order valence-electron chi connectivity index (χ2n) is 9.75. The van der Waals surface area contributed by atoms with Crippen LogP contribution in [0, 0.1) is 5.41 Å². The summed E-state index contributed by atoms with van der Waals surface area (Å²) in [4.78, 5) is 24.7. The van der Waals surface area contributed by atoms with Crippen molar-refractivity contribution in [2.45, 2.75) is 45.1 Å². The van der Waals surface area contributed by atoms with Crippen LogP contribution in [0.1, 0.15) is 49.7 Å². The Balaban J connectivity index is 1.37. The second kappa shape index (κ2) is 9.39.